The first kappa shape index (κ1) is 24.5. The molecule has 1 heteroatoms. The molecule has 182 valence electrons. The van der Waals surface area contributed by atoms with Crippen molar-refractivity contribution in [1.29, 1.82) is 0 Å². The first-order chi connectivity index (χ1) is 14.7. The van der Waals surface area contributed by atoms with Crippen LogP contribution in [0.25, 0.3) is 0 Å². The molecule has 3 saturated carbocycles. The second-order valence-corrected chi connectivity index (χ2v) is 14.9. The maximum absolute atomic E-state index is 13.5. The van der Waals surface area contributed by atoms with E-state index in [2.05, 4.69) is 68.4 Å². The van der Waals surface area contributed by atoms with E-state index in [1.807, 2.05) is 0 Å². The number of allylic oxidation sites excluding steroid dienone is 2. The summed E-state index contributed by atoms with van der Waals surface area (Å²) < 4.78 is 0. The van der Waals surface area contributed by atoms with Crippen LogP contribution < -0.4 is 0 Å². The van der Waals surface area contributed by atoms with E-state index >= 15 is 0 Å². The molecular weight excluding hydrogens is 388 g/mol. The summed E-state index contributed by atoms with van der Waals surface area (Å²) >= 11 is 0. The molecule has 32 heavy (non-hydrogen) atoms. The third-order valence-electron chi connectivity index (χ3n) is 11.9. The molecule has 0 saturated heterocycles. The van der Waals surface area contributed by atoms with Gasteiger partial charge in [-0.15, -0.1) is 0 Å². The molecule has 1 nitrogen and oxygen atoms in total. The Morgan fingerprint density at radius 2 is 1.69 bits per heavy atom. The Morgan fingerprint density at radius 3 is 2.34 bits per heavy atom. The van der Waals surface area contributed by atoms with Crippen LogP contribution in [0.5, 0.6) is 0 Å². The number of fused-ring (bicyclic) bond motifs is 5. The number of hydrogen-bond acceptors (Lipinski definition) is 1. The Kier molecular flexibility index (Phi) is 6.12. The molecule has 0 radical (unpaired) electrons. The summed E-state index contributed by atoms with van der Waals surface area (Å²) in [4.78, 5) is 13.5. The lowest BCUT2D eigenvalue weighted by Gasteiger charge is -2.61. The lowest BCUT2D eigenvalue weighted by Crippen LogP contribution is -2.55. The fourth-order valence-electron chi connectivity index (χ4n) is 9.12. The molecule has 0 aromatic rings. The van der Waals surface area contributed by atoms with Crippen molar-refractivity contribution in [2.75, 3.05) is 0 Å². The molecule has 0 amide bonds. The van der Waals surface area contributed by atoms with Gasteiger partial charge in [-0.1, -0.05) is 74.3 Å². The Balaban J connectivity index is 1.61. The smallest absolute Gasteiger partial charge is 0.159 e. The second-order valence-electron chi connectivity index (χ2n) is 14.9. The monoisotopic (exact) mass is 440 g/mol. The van der Waals surface area contributed by atoms with Crippen LogP contribution in [-0.2, 0) is 4.79 Å². The third kappa shape index (κ3) is 3.67. The van der Waals surface area contributed by atoms with E-state index in [1.54, 1.807) is 5.57 Å². The minimum Gasteiger partial charge on any atom is -0.295 e. The van der Waals surface area contributed by atoms with Gasteiger partial charge in [-0.3, -0.25) is 4.79 Å². The molecule has 1 unspecified atom stereocenters. The molecule has 4 aliphatic carbocycles. The molecule has 0 bridgehead atoms. The Bertz CT molecular complexity index is 770. The highest BCUT2D eigenvalue weighted by atomic mass is 16.1. The highest BCUT2D eigenvalue weighted by molar-refractivity contribution is 5.94. The van der Waals surface area contributed by atoms with E-state index in [0.29, 0.717) is 28.4 Å². The van der Waals surface area contributed by atoms with Crippen LogP contribution in [0.2, 0.25) is 0 Å². The highest BCUT2D eigenvalue weighted by Gasteiger charge is 2.64. The Morgan fingerprint density at radius 1 is 1.00 bits per heavy atom. The van der Waals surface area contributed by atoms with Crippen molar-refractivity contribution >= 4 is 5.78 Å². The molecule has 9 atom stereocenters. The lowest BCUT2D eigenvalue weighted by molar-refractivity contribution is -0.131. The molecule has 0 heterocycles. The quantitative estimate of drug-likeness (QED) is 0.426. The number of ketones is 1. The predicted octanol–water partition coefficient (Wildman–Crippen LogP) is 8.87. The van der Waals surface area contributed by atoms with E-state index < -0.39 is 0 Å². The maximum Gasteiger partial charge on any atom is 0.159 e. The van der Waals surface area contributed by atoms with Crippen molar-refractivity contribution in [2.24, 2.45) is 57.2 Å². The lowest BCUT2D eigenvalue weighted by atomic mass is 9.43. The first-order valence-electron chi connectivity index (χ1n) is 14.0. The zero-order valence-electron chi connectivity index (χ0n) is 22.8. The minimum atomic E-state index is 0.210. The summed E-state index contributed by atoms with van der Waals surface area (Å²) in [5, 5.41) is 0. The predicted molar refractivity (Wildman–Crippen MR) is 136 cm³/mol. The largest absolute Gasteiger partial charge is 0.295 e. The van der Waals surface area contributed by atoms with Gasteiger partial charge in [0.15, 0.2) is 5.78 Å². The SMILES string of the molecule is C[C@H]1CC[C@]2(C)C3CC[C@]4(C)[C@@H]([C@H](C)[C@H](C)CCC(C)(C)C)CC[C@@]4(C)C3=CC(=O)[C@@H]2C1. The second kappa shape index (κ2) is 7.98. The van der Waals surface area contributed by atoms with E-state index in [1.165, 1.54) is 51.4 Å². The van der Waals surface area contributed by atoms with Gasteiger partial charge in [0.25, 0.3) is 0 Å². The molecule has 0 aromatic heterocycles. The fourth-order valence-corrected chi connectivity index (χ4v) is 9.12. The third-order valence-corrected chi connectivity index (χ3v) is 11.9. The van der Waals surface area contributed by atoms with Gasteiger partial charge >= 0.3 is 0 Å². The summed E-state index contributed by atoms with van der Waals surface area (Å²) in [5.41, 5.74) is 2.78. The average Bonchev–Trinajstić information content (AvgIpc) is 2.98. The van der Waals surface area contributed by atoms with Crippen molar-refractivity contribution in [2.45, 2.75) is 120 Å². The molecule has 4 rings (SSSR count). The molecular formula is C31H52O. The van der Waals surface area contributed by atoms with Crippen LogP contribution in [0.3, 0.4) is 0 Å². The number of hydrogen-bond donors (Lipinski definition) is 0. The van der Waals surface area contributed by atoms with Crippen molar-refractivity contribution in [3.63, 3.8) is 0 Å². The van der Waals surface area contributed by atoms with Crippen LogP contribution in [0, 0.1) is 57.2 Å². The van der Waals surface area contributed by atoms with Crippen LogP contribution in [0.1, 0.15) is 120 Å². The van der Waals surface area contributed by atoms with Crippen molar-refractivity contribution in [3.05, 3.63) is 11.6 Å². The highest BCUT2D eigenvalue weighted by Crippen LogP contribution is 2.72. The normalized spacial score (nSPS) is 46.0. The molecule has 0 aliphatic heterocycles. The van der Waals surface area contributed by atoms with Gasteiger partial charge in [0.1, 0.15) is 0 Å². The van der Waals surface area contributed by atoms with Gasteiger partial charge in [0.2, 0.25) is 0 Å². The van der Waals surface area contributed by atoms with Gasteiger partial charge in [0, 0.05) is 5.92 Å². The van der Waals surface area contributed by atoms with Crippen molar-refractivity contribution in [1.82, 2.24) is 0 Å². The summed E-state index contributed by atoms with van der Waals surface area (Å²) in [5.74, 6) is 4.44. The Hall–Kier alpha value is -0.590. The maximum atomic E-state index is 13.5. The van der Waals surface area contributed by atoms with Gasteiger partial charge in [0.05, 0.1) is 0 Å². The van der Waals surface area contributed by atoms with E-state index in [9.17, 15) is 4.79 Å². The minimum absolute atomic E-state index is 0.210. The summed E-state index contributed by atoms with van der Waals surface area (Å²) in [6, 6.07) is 0. The number of carbonyl (C=O) groups excluding carboxylic acids is 1. The van der Waals surface area contributed by atoms with E-state index in [-0.39, 0.29) is 16.7 Å². The molecule has 0 aromatic carbocycles. The summed E-state index contributed by atoms with van der Waals surface area (Å²) in [7, 11) is 0. The van der Waals surface area contributed by atoms with Gasteiger partial charge < -0.3 is 0 Å². The van der Waals surface area contributed by atoms with Crippen LogP contribution in [0.15, 0.2) is 11.6 Å². The molecule has 0 N–H and O–H groups in total. The fraction of sp³-hybridized carbons (Fsp3) is 0.903. The zero-order chi connectivity index (χ0) is 23.7. The van der Waals surface area contributed by atoms with E-state index in [4.69, 9.17) is 0 Å². The van der Waals surface area contributed by atoms with E-state index in [0.717, 1.165) is 24.2 Å². The van der Waals surface area contributed by atoms with Crippen molar-refractivity contribution < 1.29 is 4.79 Å². The average molecular weight is 441 g/mol. The van der Waals surface area contributed by atoms with Gasteiger partial charge in [-0.25, -0.2) is 0 Å². The standard InChI is InChI=1S/C31H52O/c1-20-10-15-29(7)24-13-17-30(8)23(22(3)21(2)11-14-28(4,5)6)12-16-31(30,9)25(24)19-27(32)26(29)18-20/h19-24,26H,10-18H2,1-9H3/t20-,21+,22+,23+,24?,26-,29+,30+,31-/m0/s1. The van der Waals surface area contributed by atoms with Gasteiger partial charge in [-0.05, 0) is 109 Å². The number of rotatable bonds is 4. The topological polar surface area (TPSA) is 17.1 Å². The summed E-state index contributed by atoms with van der Waals surface area (Å²) in [6.07, 6.45) is 13.9. The molecule has 0 spiro atoms. The van der Waals surface area contributed by atoms with Crippen LogP contribution >= 0.6 is 0 Å². The Labute approximate surface area is 199 Å². The molecule has 3 fully saturated rings. The number of carbonyl (C=O) groups is 1. The van der Waals surface area contributed by atoms with Crippen molar-refractivity contribution in [3.8, 4) is 0 Å². The molecule has 4 aliphatic rings. The van der Waals surface area contributed by atoms with Gasteiger partial charge in [-0.2, -0.15) is 0 Å². The first-order valence-corrected chi connectivity index (χ1v) is 14.0. The zero-order valence-corrected chi connectivity index (χ0v) is 22.8. The van der Waals surface area contributed by atoms with Crippen LogP contribution in [-0.4, -0.2) is 5.78 Å². The summed E-state index contributed by atoms with van der Waals surface area (Å²) in [6.45, 7) is 22.3. The van der Waals surface area contributed by atoms with Crippen LogP contribution in [0.4, 0.5) is 0 Å².